The molecule has 218 valence electrons. The second-order valence-corrected chi connectivity index (χ2v) is 11.0. The number of amides is 1. The number of unbranched alkanes of at least 4 members (excludes halogenated alkanes) is 1. The first-order valence-corrected chi connectivity index (χ1v) is 14.6. The standard InChI is InChI=1S/C31H32N4O6S/c1-6-8-15-41-21-13-9-12-20(16-21)24-22(25(36)23-19(5)34-14-10-11-17(3)28(34)33-23)26(37)29(38)35(24)31-32-18(4)27(42-31)30(39)40-7-2/h9-14,16,24,36H,6-8,15H2,1-5H3. The number of thiazole rings is 1. The third kappa shape index (κ3) is 5.04. The Bertz CT molecular complexity index is 1740. The van der Waals surface area contributed by atoms with Gasteiger partial charge in [-0.25, -0.2) is 14.8 Å². The van der Waals surface area contributed by atoms with Gasteiger partial charge in [0.1, 0.15) is 22.0 Å². The molecular weight excluding hydrogens is 556 g/mol. The first-order chi connectivity index (χ1) is 20.2. The second kappa shape index (κ2) is 11.8. The average molecular weight is 589 g/mol. The third-order valence-corrected chi connectivity index (χ3v) is 8.28. The minimum absolute atomic E-state index is 0.125. The highest BCUT2D eigenvalue weighted by atomic mass is 32.1. The Kier molecular flexibility index (Phi) is 8.13. The molecule has 1 amide bonds. The maximum atomic E-state index is 13.7. The first-order valence-electron chi connectivity index (χ1n) is 13.8. The summed E-state index contributed by atoms with van der Waals surface area (Å²) in [7, 11) is 0. The zero-order valence-corrected chi connectivity index (χ0v) is 24.9. The smallest absolute Gasteiger partial charge is 0.350 e. The van der Waals surface area contributed by atoms with Gasteiger partial charge in [-0.2, -0.15) is 0 Å². The van der Waals surface area contributed by atoms with E-state index in [9.17, 15) is 19.5 Å². The van der Waals surface area contributed by atoms with Crippen LogP contribution in [0.3, 0.4) is 0 Å². The Morgan fingerprint density at radius 1 is 1.10 bits per heavy atom. The van der Waals surface area contributed by atoms with Crippen LogP contribution in [0.15, 0.2) is 48.2 Å². The van der Waals surface area contributed by atoms with Gasteiger partial charge in [-0.15, -0.1) is 0 Å². The number of anilines is 1. The van der Waals surface area contributed by atoms with Crippen LogP contribution in [0.5, 0.6) is 5.75 Å². The topological polar surface area (TPSA) is 123 Å². The number of fused-ring (bicyclic) bond motifs is 1. The van der Waals surface area contributed by atoms with Gasteiger partial charge in [0, 0.05) is 6.20 Å². The van der Waals surface area contributed by atoms with Gasteiger partial charge < -0.3 is 19.0 Å². The van der Waals surface area contributed by atoms with Crippen LogP contribution < -0.4 is 9.64 Å². The summed E-state index contributed by atoms with van der Waals surface area (Å²) in [4.78, 5) is 50.6. The molecule has 1 saturated heterocycles. The Hall–Kier alpha value is -4.51. The zero-order valence-electron chi connectivity index (χ0n) is 24.1. The van der Waals surface area contributed by atoms with Crippen molar-refractivity contribution in [2.45, 2.75) is 53.5 Å². The fourth-order valence-corrected chi connectivity index (χ4v) is 5.99. The van der Waals surface area contributed by atoms with E-state index in [2.05, 4.69) is 16.9 Å². The number of pyridine rings is 1. The summed E-state index contributed by atoms with van der Waals surface area (Å²) >= 11 is 0.961. The first kappa shape index (κ1) is 29.0. The zero-order chi connectivity index (χ0) is 30.1. The maximum absolute atomic E-state index is 13.7. The summed E-state index contributed by atoms with van der Waals surface area (Å²) < 4.78 is 12.9. The van der Waals surface area contributed by atoms with Crippen LogP contribution in [-0.2, 0) is 14.3 Å². The van der Waals surface area contributed by atoms with Crippen LogP contribution in [0.1, 0.15) is 70.6 Å². The van der Waals surface area contributed by atoms with Crippen molar-refractivity contribution in [3.63, 3.8) is 0 Å². The van der Waals surface area contributed by atoms with E-state index in [1.807, 2.05) is 29.7 Å². The Morgan fingerprint density at radius 2 is 1.88 bits per heavy atom. The molecule has 1 aliphatic rings. The van der Waals surface area contributed by atoms with Gasteiger partial charge in [-0.3, -0.25) is 14.5 Å². The van der Waals surface area contributed by atoms with Crippen molar-refractivity contribution in [3.8, 4) is 5.75 Å². The quantitative estimate of drug-likeness (QED) is 0.0869. The number of ether oxygens (including phenoxy) is 2. The molecule has 5 rings (SSSR count). The minimum atomic E-state index is -1.05. The number of nitrogens with zero attached hydrogens (tertiary/aromatic N) is 4. The number of hydrogen-bond acceptors (Lipinski definition) is 9. The lowest BCUT2D eigenvalue weighted by atomic mass is 9.96. The van der Waals surface area contributed by atoms with E-state index in [-0.39, 0.29) is 27.9 Å². The van der Waals surface area contributed by atoms with Crippen molar-refractivity contribution in [2.75, 3.05) is 18.1 Å². The van der Waals surface area contributed by atoms with Gasteiger partial charge in [0.25, 0.3) is 5.78 Å². The maximum Gasteiger partial charge on any atom is 0.350 e. The predicted octanol–water partition coefficient (Wildman–Crippen LogP) is 5.70. The summed E-state index contributed by atoms with van der Waals surface area (Å²) in [5, 5.41) is 11.9. The van der Waals surface area contributed by atoms with Crippen molar-refractivity contribution in [1.82, 2.24) is 14.4 Å². The summed E-state index contributed by atoms with van der Waals surface area (Å²) in [5.74, 6) is -2.14. The lowest BCUT2D eigenvalue weighted by Crippen LogP contribution is -2.29. The molecule has 0 saturated carbocycles. The van der Waals surface area contributed by atoms with Crippen LogP contribution in [0.25, 0.3) is 11.4 Å². The lowest BCUT2D eigenvalue weighted by Gasteiger charge is -2.23. The molecule has 0 aliphatic carbocycles. The molecule has 4 aromatic rings. The number of carbonyl (C=O) groups excluding carboxylic acids is 3. The van der Waals surface area contributed by atoms with E-state index in [1.54, 1.807) is 45.0 Å². The monoisotopic (exact) mass is 588 g/mol. The highest BCUT2D eigenvalue weighted by molar-refractivity contribution is 7.17. The molecule has 3 aromatic heterocycles. The number of imidazole rings is 1. The molecule has 1 aromatic carbocycles. The summed E-state index contributed by atoms with van der Waals surface area (Å²) in [5.41, 5.74) is 3.11. The van der Waals surface area contributed by atoms with Gasteiger partial charge in [0.15, 0.2) is 10.9 Å². The van der Waals surface area contributed by atoms with Crippen LogP contribution in [0.4, 0.5) is 5.13 Å². The summed E-state index contributed by atoms with van der Waals surface area (Å²) in [6.45, 7) is 9.79. The average Bonchev–Trinajstić information content (AvgIpc) is 3.61. The minimum Gasteiger partial charge on any atom is -0.505 e. The van der Waals surface area contributed by atoms with E-state index in [0.29, 0.717) is 35.0 Å². The molecule has 1 aliphatic heterocycles. The number of benzene rings is 1. The number of aliphatic hydroxyl groups excluding tert-OH is 1. The van der Waals surface area contributed by atoms with Gasteiger partial charge in [-0.05, 0) is 63.4 Å². The fraction of sp³-hybridized carbons (Fsp3) is 0.323. The molecule has 1 atom stereocenters. The summed E-state index contributed by atoms with van der Waals surface area (Å²) in [6, 6.07) is 9.80. The molecule has 1 unspecified atom stereocenters. The van der Waals surface area contributed by atoms with E-state index in [4.69, 9.17) is 9.47 Å². The third-order valence-electron chi connectivity index (χ3n) is 7.15. The molecule has 10 nitrogen and oxygen atoms in total. The number of hydrogen-bond donors (Lipinski definition) is 1. The number of aryl methyl sites for hydroxylation is 3. The van der Waals surface area contributed by atoms with Crippen molar-refractivity contribution in [2.24, 2.45) is 0 Å². The molecular formula is C31H32N4O6S. The number of aromatic nitrogens is 3. The normalized spacial score (nSPS) is 16.4. The van der Waals surface area contributed by atoms with E-state index < -0.39 is 29.5 Å². The van der Waals surface area contributed by atoms with Gasteiger partial charge >= 0.3 is 11.9 Å². The van der Waals surface area contributed by atoms with E-state index in [0.717, 1.165) is 29.7 Å². The Labute approximate surface area is 247 Å². The fourth-order valence-electron chi connectivity index (χ4n) is 5.00. The van der Waals surface area contributed by atoms with E-state index in [1.165, 1.54) is 4.90 Å². The van der Waals surface area contributed by atoms with Crippen molar-refractivity contribution >= 4 is 45.5 Å². The van der Waals surface area contributed by atoms with Crippen LogP contribution in [0.2, 0.25) is 0 Å². The number of carbonyl (C=O) groups is 3. The molecule has 0 spiro atoms. The van der Waals surface area contributed by atoms with Crippen LogP contribution in [0, 0.1) is 20.8 Å². The lowest BCUT2D eigenvalue weighted by molar-refractivity contribution is -0.132. The predicted molar refractivity (Wildman–Crippen MR) is 159 cm³/mol. The Morgan fingerprint density at radius 3 is 2.60 bits per heavy atom. The largest absolute Gasteiger partial charge is 0.505 e. The second-order valence-electron chi connectivity index (χ2n) is 10.0. The number of esters is 1. The number of aliphatic hydroxyl groups is 1. The molecule has 1 fully saturated rings. The number of Topliss-reactive ketones (excluding diaryl/α,β-unsaturated/α-hetero) is 1. The van der Waals surface area contributed by atoms with Gasteiger partial charge in [0.2, 0.25) is 0 Å². The molecule has 1 N–H and O–H groups in total. The molecule has 11 heteroatoms. The molecule has 4 heterocycles. The van der Waals surface area contributed by atoms with Gasteiger partial charge in [0.05, 0.1) is 36.2 Å². The van der Waals surface area contributed by atoms with Crippen molar-refractivity contribution in [1.29, 1.82) is 0 Å². The van der Waals surface area contributed by atoms with Crippen molar-refractivity contribution < 1.29 is 29.0 Å². The Balaban J connectivity index is 1.70. The SMILES string of the molecule is CCCCOc1cccc(C2C(=C(O)c3nc4c(C)cccn4c3C)C(=O)C(=O)N2c2nc(C)c(C(=O)OCC)s2)c1. The molecule has 42 heavy (non-hydrogen) atoms. The highest BCUT2D eigenvalue weighted by Gasteiger charge is 2.49. The van der Waals surface area contributed by atoms with E-state index >= 15 is 0 Å². The molecule has 0 bridgehead atoms. The van der Waals surface area contributed by atoms with Crippen LogP contribution in [-0.4, -0.2) is 50.3 Å². The van der Waals surface area contributed by atoms with Gasteiger partial charge in [-0.1, -0.05) is 42.9 Å². The molecule has 0 radical (unpaired) electrons. The summed E-state index contributed by atoms with van der Waals surface area (Å²) in [6.07, 6.45) is 3.65. The highest BCUT2D eigenvalue weighted by Crippen LogP contribution is 2.44. The van der Waals surface area contributed by atoms with Crippen LogP contribution >= 0.6 is 11.3 Å². The number of ketones is 1. The van der Waals surface area contributed by atoms with Crippen molar-refractivity contribution in [3.05, 3.63) is 81.3 Å². The number of rotatable bonds is 9.